The monoisotopic (exact) mass is 503 g/mol. The molecule has 0 spiro atoms. The van der Waals surface area contributed by atoms with Crippen LogP contribution < -0.4 is 9.30 Å². The SMILES string of the molecule is CCN(C(=O)C(C)CN1CCN(C(=O)c2ccccc2)CC1)c1cc[c]([Ge+3])cc1.[OH-].[OH-].[OH-]. The molecule has 2 amide bonds. The zero-order chi connectivity index (χ0) is 20.8. The van der Waals surface area contributed by atoms with E-state index in [2.05, 4.69) is 4.90 Å². The molecule has 1 fully saturated rings. The summed E-state index contributed by atoms with van der Waals surface area (Å²) in [5.74, 6) is 0.151. The molecule has 9 heteroatoms. The Hall–Kier alpha value is -2.24. The number of carbonyl (C=O) groups excluding carboxylic acids is 2. The van der Waals surface area contributed by atoms with Crippen LogP contribution in [0.1, 0.15) is 24.2 Å². The van der Waals surface area contributed by atoms with Crippen LogP contribution in [0.25, 0.3) is 0 Å². The Morgan fingerprint density at radius 1 is 0.938 bits per heavy atom. The molecular formula is C23H31GeN3O5. The van der Waals surface area contributed by atoms with Gasteiger partial charge in [-0.3, -0.25) is 4.79 Å². The van der Waals surface area contributed by atoms with Gasteiger partial charge >= 0.3 is 135 Å². The number of hydrogen-bond acceptors (Lipinski definition) is 6. The molecule has 0 radical (unpaired) electrons. The van der Waals surface area contributed by atoms with Gasteiger partial charge in [-0.1, -0.05) is 18.2 Å². The Kier molecular flexibility index (Phi) is 13.0. The first-order chi connectivity index (χ1) is 14.0. The average molecular weight is 502 g/mol. The number of rotatable bonds is 6. The number of piperazine rings is 1. The normalized spacial score (nSPS) is 14.3. The van der Waals surface area contributed by atoms with Crippen LogP contribution in [-0.4, -0.2) is 93.8 Å². The van der Waals surface area contributed by atoms with Gasteiger partial charge in [-0.15, -0.1) is 0 Å². The van der Waals surface area contributed by atoms with E-state index in [1.54, 1.807) is 0 Å². The van der Waals surface area contributed by atoms with Crippen molar-refractivity contribution in [3.63, 3.8) is 0 Å². The van der Waals surface area contributed by atoms with Crippen LogP contribution in [-0.2, 0) is 4.79 Å². The molecule has 0 saturated carbocycles. The number of amides is 2. The molecule has 0 aromatic heterocycles. The number of benzene rings is 2. The Morgan fingerprint density at radius 3 is 2.03 bits per heavy atom. The predicted molar refractivity (Wildman–Crippen MR) is 124 cm³/mol. The van der Waals surface area contributed by atoms with Crippen LogP contribution in [0.5, 0.6) is 0 Å². The van der Waals surface area contributed by atoms with Gasteiger partial charge in [-0.25, -0.2) is 0 Å². The summed E-state index contributed by atoms with van der Waals surface area (Å²) >= 11 is 2.05. The molecule has 1 heterocycles. The summed E-state index contributed by atoms with van der Waals surface area (Å²) in [6.07, 6.45) is 0. The Bertz CT molecular complexity index is 827. The second kappa shape index (κ2) is 14.0. The largest absolute Gasteiger partial charge is 0.870 e. The van der Waals surface area contributed by atoms with Gasteiger partial charge in [0.2, 0.25) is 0 Å². The second-order valence-electron chi connectivity index (χ2n) is 7.49. The second-order valence-corrected chi connectivity index (χ2v) is 8.70. The van der Waals surface area contributed by atoms with Crippen molar-refractivity contribution in [2.24, 2.45) is 5.92 Å². The van der Waals surface area contributed by atoms with Crippen molar-refractivity contribution >= 4 is 38.4 Å². The van der Waals surface area contributed by atoms with Crippen LogP contribution >= 0.6 is 0 Å². The minimum atomic E-state index is -0.0902. The first-order valence-electron chi connectivity index (χ1n) is 10.2. The molecule has 3 rings (SSSR count). The molecule has 2 aromatic rings. The van der Waals surface area contributed by atoms with Gasteiger partial charge in [0.1, 0.15) is 0 Å². The van der Waals surface area contributed by atoms with Crippen molar-refractivity contribution < 1.29 is 26.0 Å². The summed E-state index contributed by atoms with van der Waals surface area (Å²) in [5.41, 5.74) is 1.69. The van der Waals surface area contributed by atoms with E-state index in [-0.39, 0.29) is 34.2 Å². The van der Waals surface area contributed by atoms with E-state index >= 15 is 0 Å². The van der Waals surface area contributed by atoms with E-state index in [4.69, 9.17) is 0 Å². The molecule has 172 valence electrons. The van der Waals surface area contributed by atoms with Crippen LogP contribution in [0.3, 0.4) is 0 Å². The van der Waals surface area contributed by atoms with Gasteiger partial charge in [0, 0.05) is 5.56 Å². The van der Waals surface area contributed by atoms with Crippen LogP contribution in [0, 0.1) is 5.92 Å². The molecular weight excluding hydrogens is 471 g/mol. The minimum Gasteiger partial charge on any atom is -0.870 e. The number of anilines is 1. The topological polar surface area (TPSA) is 134 Å². The van der Waals surface area contributed by atoms with Crippen molar-refractivity contribution in [2.45, 2.75) is 13.8 Å². The summed E-state index contributed by atoms with van der Waals surface area (Å²) < 4.78 is 1.19. The summed E-state index contributed by atoms with van der Waals surface area (Å²) in [5, 5.41) is 0. The van der Waals surface area contributed by atoms with E-state index in [0.29, 0.717) is 26.2 Å². The maximum atomic E-state index is 13.0. The van der Waals surface area contributed by atoms with E-state index < -0.39 is 0 Å². The Labute approximate surface area is 198 Å². The van der Waals surface area contributed by atoms with Crippen LogP contribution in [0.4, 0.5) is 5.69 Å². The maximum absolute atomic E-state index is 13.0. The fourth-order valence-corrected chi connectivity index (χ4v) is 4.08. The van der Waals surface area contributed by atoms with Gasteiger partial charge in [0.25, 0.3) is 5.91 Å². The number of nitrogens with zero attached hydrogens (tertiary/aromatic N) is 3. The van der Waals surface area contributed by atoms with Gasteiger partial charge < -0.3 is 16.4 Å². The molecule has 1 aliphatic rings. The third-order valence-corrected chi connectivity index (χ3v) is 6.09. The van der Waals surface area contributed by atoms with Crippen molar-refractivity contribution in [2.75, 3.05) is 44.2 Å². The molecule has 1 atom stereocenters. The maximum Gasteiger partial charge on any atom is -0.870 e. The third kappa shape index (κ3) is 7.42. The molecule has 0 bridgehead atoms. The van der Waals surface area contributed by atoms with Gasteiger partial charge in [0.05, 0.1) is 0 Å². The fourth-order valence-electron chi connectivity index (χ4n) is 3.74. The molecule has 1 unspecified atom stereocenters. The van der Waals surface area contributed by atoms with E-state index in [9.17, 15) is 9.59 Å². The fraction of sp³-hybridized carbons (Fsp3) is 0.391. The summed E-state index contributed by atoms with van der Waals surface area (Å²) in [6.45, 7) is 8.38. The minimum absolute atomic E-state index is 0. The number of carbonyl (C=O) groups is 2. The molecule has 32 heavy (non-hydrogen) atoms. The zero-order valence-corrected chi connectivity index (χ0v) is 20.6. The smallest absolute Gasteiger partial charge is 0.870 e. The standard InChI is InChI=1S/C23H28GeN3O2.3H2O/c1-3-27(21-11-9-20(24)10-12-21)22(28)18(2)17-25-13-15-26(16-14-25)23(29)19-7-5-4-6-8-19;;;/h4-12,18H,3,13-17H2,1-2H3;3*1H2/q+3;;;/p-3. The molecule has 2 aromatic carbocycles. The van der Waals surface area contributed by atoms with E-state index in [1.165, 1.54) is 4.40 Å². The van der Waals surface area contributed by atoms with Gasteiger partial charge in [-0.2, -0.15) is 0 Å². The molecule has 1 aliphatic heterocycles. The first kappa shape index (κ1) is 29.8. The zero-order valence-electron chi connectivity index (χ0n) is 18.5. The Morgan fingerprint density at radius 2 is 1.50 bits per heavy atom. The first-order valence-corrected chi connectivity index (χ1v) is 11.2. The predicted octanol–water partition coefficient (Wildman–Crippen LogP) is 1.40. The summed E-state index contributed by atoms with van der Waals surface area (Å²) in [6, 6.07) is 17.5. The number of hydrogen-bond donors (Lipinski definition) is 0. The van der Waals surface area contributed by atoms with E-state index in [1.807, 2.05) is 94.8 Å². The average Bonchev–Trinajstić information content (AvgIpc) is 2.76. The molecule has 8 nitrogen and oxygen atoms in total. The summed E-state index contributed by atoms with van der Waals surface area (Å²) in [4.78, 5) is 31.7. The third-order valence-electron chi connectivity index (χ3n) is 5.40. The quantitative estimate of drug-likeness (QED) is 0.549. The molecule has 1 saturated heterocycles. The van der Waals surface area contributed by atoms with Crippen LogP contribution in [0.15, 0.2) is 54.6 Å². The molecule has 0 aliphatic carbocycles. The molecule has 3 N–H and O–H groups in total. The summed E-state index contributed by atoms with van der Waals surface area (Å²) in [7, 11) is 0. The van der Waals surface area contributed by atoms with Crippen molar-refractivity contribution in [1.29, 1.82) is 0 Å². The van der Waals surface area contributed by atoms with Crippen molar-refractivity contribution in [3.8, 4) is 0 Å². The Balaban J connectivity index is 0.00000320. The van der Waals surface area contributed by atoms with E-state index in [0.717, 1.165) is 24.3 Å². The van der Waals surface area contributed by atoms with Gasteiger partial charge in [0.15, 0.2) is 0 Å². The van der Waals surface area contributed by atoms with Gasteiger partial charge in [-0.05, 0) is 12.1 Å². The van der Waals surface area contributed by atoms with Crippen LogP contribution in [0.2, 0.25) is 0 Å². The van der Waals surface area contributed by atoms with Crippen molar-refractivity contribution in [3.05, 3.63) is 60.2 Å². The van der Waals surface area contributed by atoms with Crippen molar-refractivity contribution in [1.82, 2.24) is 9.80 Å².